The molecule has 8 nitrogen and oxygen atoms in total. The number of nitrogens with one attached hydrogen (secondary N) is 2. The zero-order valence-electron chi connectivity index (χ0n) is 20.0. The molecule has 1 saturated carbocycles. The summed E-state index contributed by atoms with van der Waals surface area (Å²) in [6.07, 6.45) is 4.95. The minimum atomic E-state index is -0.719. The molecule has 0 unspecified atom stereocenters. The molecule has 35 heavy (non-hydrogen) atoms. The summed E-state index contributed by atoms with van der Waals surface area (Å²) in [5.74, 6) is 1.22. The molecule has 2 aromatic rings. The summed E-state index contributed by atoms with van der Waals surface area (Å²) in [6, 6.07) is 17.2. The van der Waals surface area contributed by atoms with Crippen LogP contribution in [0.15, 0.2) is 54.6 Å². The second kappa shape index (κ2) is 11.7. The molecule has 0 bridgehead atoms. The second-order valence-electron chi connectivity index (χ2n) is 9.08. The highest BCUT2D eigenvalue weighted by Crippen LogP contribution is 2.35. The number of rotatable bonds is 12. The fourth-order valence-electron chi connectivity index (χ4n) is 4.52. The van der Waals surface area contributed by atoms with Gasteiger partial charge in [0.2, 0.25) is 5.91 Å². The Hall–Kier alpha value is -3.55. The minimum Gasteiger partial charge on any atom is -0.494 e. The Morgan fingerprint density at radius 2 is 1.63 bits per heavy atom. The van der Waals surface area contributed by atoms with Crippen molar-refractivity contribution in [1.29, 1.82) is 0 Å². The maximum absolute atomic E-state index is 12.6. The average Bonchev–Trinajstić information content (AvgIpc) is 3.44. The van der Waals surface area contributed by atoms with E-state index in [1.807, 2.05) is 54.6 Å². The van der Waals surface area contributed by atoms with Crippen molar-refractivity contribution >= 4 is 17.8 Å². The van der Waals surface area contributed by atoms with Gasteiger partial charge < -0.3 is 20.1 Å². The lowest BCUT2D eigenvalue weighted by Crippen LogP contribution is -2.44. The summed E-state index contributed by atoms with van der Waals surface area (Å²) < 4.78 is 11.5. The third kappa shape index (κ3) is 6.53. The van der Waals surface area contributed by atoms with E-state index in [1.165, 1.54) is 4.90 Å². The van der Waals surface area contributed by atoms with Crippen LogP contribution in [0.2, 0.25) is 0 Å². The smallest absolute Gasteiger partial charge is 0.325 e. The van der Waals surface area contributed by atoms with E-state index in [1.54, 1.807) is 0 Å². The van der Waals surface area contributed by atoms with Crippen LogP contribution >= 0.6 is 0 Å². The maximum atomic E-state index is 12.6. The summed E-state index contributed by atoms with van der Waals surface area (Å²) in [5, 5.41) is 5.68. The summed E-state index contributed by atoms with van der Waals surface area (Å²) >= 11 is 0. The molecule has 1 aliphatic heterocycles. The quantitative estimate of drug-likeness (QED) is 0.357. The van der Waals surface area contributed by atoms with Gasteiger partial charge in [-0.05, 0) is 55.5 Å². The maximum Gasteiger partial charge on any atom is 0.325 e. The van der Waals surface area contributed by atoms with E-state index in [0.717, 1.165) is 42.7 Å². The Morgan fingerprint density at radius 1 is 0.943 bits per heavy atom. The molecule has 1 spiro atoms. The molecule has 0 aromatic heterocycles. The third-order valence-electron chi connectivity index (χ3n) is 6.50. The Kier molecular flexibility index (Phi) is 8.23. The first-order chi connectivity index (χ1) is 17.1. The summed E-state index contributed by atoms with van der Waals surface area (Å²) in [6.45, 7) is 1.71. The number of amides is 4. The van der Waals surface area contributed by atoms with Crippen LogP contribution in [0.3, 0.4) is 0 Å². The van der Waals surface area contributed by atoms with E-state index in [-0.39, 0.29) is 30.8 Å². The highest BCUT2D eigenvalue weighted by atomic mass is 16.5. The summed E-state index contributed by atoms with van der Waals surface area (Å²) in [7, 11) is 0. The number of benzene rings is 2. The molecule has 2 aliphatic rings. The number of imide groups is 1. The van der Waals surface area contributed by atoms with E-state index in [0.29, 0.717) is 32.6 Å². The van der Waals surface area contributed by atoms with Gasteiger partial charge in [-0.1, -0.05) is 43.2 Å². The van der Waals surface area contributed by atoms with Crippen molar-refractivity contribution < 1.29 is 23.9 Å². The molecule has 0 atom stereocenters. The molecule has 1 saturated heterocycles. The fourth-order valence-corrected chi connectivity index (χ4v) is 4.52. The van der Waals surface area contributed by atoms with Crippen LogP contribution in [-0.4, -0.2) is 48.0 Å². The van der Waals surface area contributed by atoms with Crippen LogP contribution in [-0.2, 0) is 16.2 Å². The molecule has 2 aromatic carbocycles. The first-order valence-electron chi connectivity index (χ1n) is 12.4. The van der Waals surface area contributed by atoms with Crippen molar-refractivity contribution in [3.8, 4) is 11.5 Å². The first kappa shape index (κ1) is 24.6. The lowest BCUT2D eigenvalue weighted by atomic mass is 9.98. The SMILES string of the molecule is O=C(CCN1C(=O)NC2(CCCC2)C1=O)NCCCCOc1ccc(OCc2ccccc2)cc1. The van der Waals surface area contributed by atoms with Crippen molar-refractivity contribution in [1.82, 2.24) is 15.5 Å². The van der Waals surface area contributed by atoms with Gasteiger partial charge in [-0.2, -0.15) is 0 Å². The highest BCUT2D eigenvalue weighted by Gasteiger charge is 2.52. The molecule has 0 radical (unpaired) electrons. The van der Waals surface area contributed by atoms with Gasteiger partial charge in [0.15, 0.2) is 0 Å². The Labute approximate surface area is 206 Å². The number of ether oxygens (including phenoxy) is 2. The lowest BCUT2D eigenvalue weighted by molar-refractivity contribution is -0.131. The second-order valence-corrected chi connectivity index (χ2v) is 9.08. The van der Waals surface area contributed by atoms with Gasteiger partial charge in [-0.15, -0.1) is 0 Å². The van der Waals surface area contributed by atoms with E-state index in [4.69, 9.17) is 9.47 Å². The van der Waals surface area contributed by atoms with Crippen LogP contribution in [0.1, 0.15) is 50.5 Å². The van der Waals surface area contributed by atoms with Crippen molar-refractivity contribution in [2.24, 2.45) is 0 Å². The topological polar surface area (TPSA) is 97.0 Å². The zero-order valence-corrected chi connectivity index (χ0v) is 20.0. The monoisotopic (exact) mass is 479 g/mol. The first-order valence-corrected chi connectivity index (χ1v) is 12.4. The lowest BCUT2D eigenvalue weighted by Gasteiger charge is -2.19. The van der Waals surface area contributed by atoms with Crippen LogP contribution in [0.25, 0.3) is 0 Å². The summed E-state index contributed by atoms with van der Waals surface area (Å²) in [5.41, 5.74) is 0.399. The largest absolute Gasteiger partial charge is 0.494 e. The molecule has 2 fully saturated rings. The van der Waals surface area contributed by atoms with E-state index in [2.05, 4.69) is 10.6 Å². The van der Waals surface area contributed by atoms with Gasteiger partial charge >= 0.3 is 6.03 Å². The van der Waals surface area contributed by atoms with Gasteiger partial charge in [0.05, 0.1) is 6.61 Å². The van der Waals surface area contributed by atoms with Crippen LogP contribution in [0, 0.1) is 0 Å². The van der Waals surface area contributed by atoms with Gasteiger partial charge in [-0.3, -0.25) is 14.5 Å². The third-order valence-corrected chi connectivity index (χ3v) is 6.50. The normalized spacial score (nSPS) is 16.4. The average molecular weight is 480 g/mol. The molecule has 8 heteroatoms. The van der Waals surface area contributed by atoms with E-state index < -0.39 is 5.54 Å². The number of unbranched alkanes of at least 4 members (excludes halogenated alkanes) is 1. The molecule has 1 heterocycles. The molecule has 2 N–H and O–H groups in total. The van der Waals surface area contributed by atoms with E-state index >= 15 is 0 Å². The Balaban J connectivity index is 1.06. The van der Waals surface area contributed by atoms with Gasteiger partial charge in [0.25, 0.3) is 5.91 Å². The minimum absolute atomic E-state index is 0.116. The van der Waals surface area contributed by atoms with Gasteiger partial charge in [0, 0.05) is 19.5 Å². The van der Waals surface area contributed by atoms with Crippen LogP contribution in [0.5, 0.6) is 11.5 Å². The van der Waals surface area contributed by atoms with Crippen molar-refractivity contribution in [2.45, 2.75) is 57.1 Å². The molecule has 4 amide bonds. The number of carbonyl (C=O) groups is 3. The zero-order chi connectivity index (χ0) is 24.5. The summed E-state index contributed by atoms with van der Waals surface area (Å²) in [4.78, 5) is 38.1. The van der Waals surface area contributed by atoms with Gasteiger partial charge in [0.1, 0.15) is 23.6 Å². The molecule has 4 rings (SSSR count). The number of nitrogens with zero attached hydrogens (tertiary/aromatic N) is 1. The molecule has 186 valence electrons. The fraction of sp³-hybridized carbons (Fsp3) is 0.444. The van der Waals surface area contributed by atoms with Crippen molar-refractivity contribution in [2.75, 3.05) is 19.7 Å². The van der Waals surface area contributed by atoms with Crippen molar-refractivity contribution in [3.63, 3.8) is 0 Å². The number of carbonyl (C=O) groups excluding carboxylic acids is 3. The molecular formula is C27H33N3O5. The highest BCUT2D eigenvalue weighted by molar-refractivity contribution is 6.07. The predicted octanol–water partition coefficient (Wildman–Crippen LogP) is 3.80. The predicted molar refractivity (Wildman–Crippen MR) is 131 cm³/mol. The standard InChI is InChI=1S/C27H33N3O5/c31-24(14-18-30-25(32)27(29-26(30)33)15-4-5-16-27)28-17-6-7-19-34-22-10-12-23(13-11-22)35-20-21-8-2-1-3-9-21/h1-3,8-13H,4-7,14-20H2,(H,28,31)(H,29,33). The molecular weight excluding hydrogens is 446 g/mol. The Bertz CT molecular complexity index is 1000. The van der Waals surface area contributed by atoms with Crippen molar-refractivity contribution in [3.05, 3.63) is 60.2 Å². The Morgan fingerprint density at radius 3 is 2.34 bits per heavy atom. The number of hydrogen-bond acceptors (Lipinski definition) is 5. The van der Waals surface area contributed by atoms with E-state index in [9.17, 15) is 14.4 Å². The van der Waals surface area contributed by atoms with Crippen LogP contribution < -0.4 is 20.1 Å². The van der Waals surface area contributed by atoms with Crippen LogP contribution in [0.4, 0.5) is 4.79 Å². The molecule has 1 aliphatic carbocycles. The number of urea groups is 1. The van der Waals surface area contributed by atoms with Gasteiger partial charge in [-0.25, -0.2) is 4.79 Å². The number of hydrogen-bond donors (Lipinski definition) is 2.